The molecule has 2 aliphatic rings. The van der Waals surface area contributed by atoms with Crippen molar-refractivity contribution >= 4 is 17.9 Å². The first-order valence-corrected chi connectivity index (χ1v) is 9.89. The maximum Gasteiger partial charge on any atom is 0.326 e. The Morgan fingerprint density at radius 2 is 1.81 bits per heavy atom. The number of amides is 3. The highest BCUT2D eigenvalue weighted by atomic mass is 16.5. The lowest BCUT2D eigenvalue weighted by atomic mass is 9.90. The van der Waals surface area contributed by atoms with Gasteiger partial charge < -0.3 is 10.1 Å². The number of urea groups is 1. The van der Waals surface area contributed by atoms with Crippen LogP contribution in [0.4, 0.5) is 4.79 Å². The Bertz CT molecular complexity index is 511. The number of hydrogen-bond acceptors (Lipinski definition) is 5. The molecule has 0 radical (unpaired) electrons. The van der Waals surface area contributed by atoms with Gasteiger partial charge in [0.2, 0.25) is 0 Å². The van der Waals surface area contributed by atoms with Crippen LogP contribution in [-0.2, 0) is 14.3 Å². The fourth-order valence-corrected chi connectivity index (χ4v) is 4.01. The van der Waals surface area contributed by atoms with Crippen LogP contribution in [0, 0.1) is 5.92 Å². The van der Waals surface area contributed by atoms with Crippen LogP contribution in [0.2, 0.25) is 0 Å². The second kappa shape index (κ2) is 9.35. The number of hydrogen-bond donors (Lipinski definition) is 1. The van der Waals surface area contributed by atoms with Crippen LogP contribution >= 0.6 is 0 Å². The Hall–Kier alpha value is -1.63. The highest BCUT2D eigenvalue weighted by Crippen LogP contribution is 2.32. The molecule has 2 fully saturated rings. The van der Waals surface area contributed by atoms with Gasteiger partial charge in [-0.2, -0.15) is 0 Å². The van der Waals surface area contributed by atoms with Crippen molar-refractivity contribution in [3.63, 3.8) is 0 Å². The predicted octanol–water partition coefficient (Wildman–Crippen LogP) is 2.50. The Balaban J connectivity index is 2.11. The Labute approximate surface area is 156 Å². The van der Waals surface area contributed by atoms with Gasteiger partial charge in [-0.05, 0) is 18.8 Å². The number of carbonyl (C=O) groups excluding carboxylic acids is 3. The maximum absolute atomic E-state index is 13.1. The van der Waals surface area contributed by atoms with Crippen LogP contribution in [0.3, 0.4) is 0 Å². The van der Waals surface area contributed by atoms with Gasteiger partial charge >= 0.3 is 12.0 Å². The van der Waals surface area contributed by atoms with Crippen molar-refractivity contribution in [1.29, 1.82) is 0 Å². The van der Waals surface area contributed by atoms with Gasteiger partial charge in [0.25, 0.3) is 5.91 Å². The van der Waals surface area contributed by atoms with E-state index in [-0.39, 0.29) is 31.1 Å². The molecule has 0 aromatic carbocycles. The summed E-state index contributed by atoms with van der Waals surface area (Å²) >= 11 is 0. The number of imide groups is 1. The van der Waals surface area contributed by atoms with Gasteiger partial charge in [-0.15, -0.1) is 0 Å². The molecule has 148 valence electrons. The lowest BCUT2D eigenvalue weighted by Crippen LogP contribution is -2.48. The molecule has 1 saturated heterocycles. The average Bonchev–Trinajstić information content (AvgIpc) is 2.80. The molecule has 1 spiro atoms. The summed E-state index contributed by atoms with van der Waals surface area (Å²) in [5.74, 6) is -0.0803. The van der Waals surface area contributed by atoms with Gasteiger partial charge in [-0.25, -0.2) is 9.69 Å². The van der Waals surface area contributed by atoms with E-state index >= 15 is 0 Å². The number of methoxy groups -OCH3 is 1. The molecule has 3 amide bonds. The summed E-state index contributed by atoms with van der Waals surface area (Å²) in [5.41, 5.74) is -0.737. The third-order valence-electron chi connectivity index (χ3n) is 5.80. The second-order valence-corrected chi connectivity index (χ2v) is 7.57. The normalized spacial score (nSPS) is 20.0. The number of rotatable bonds is 8. The van der Waals surface area contributed by atoms with Crippen molar-refractivity contribution in [1.82, 2.24) is 15.1 Å². The maximum atomic E-state index is 13.1. The van der Waals surface area contributed by atoms with Gasteiger partial charge in [0.05, 0.1) is 20.3 Å². The molecule has 0 aromatic heterocycles. The van der Waals surface area contributed by atoms with Gasteiger partial charge in [0.1, 0.15) is 5.54 Å². The van der Waals surface area contributed by atoms with Crippen LogP contribution in [0.5, 0.6) is 0 Å². The molecule has 2 rings (SSSR count). The third kappa shape index (κ3) is 4.75. The van der Waals surface area contributed by atoms with E-state index in [9.17, 15) is 14.4 Å². The average molecular weight is 367 g/mol. The highest BCUT2D eigenvalue weighted by Gasteiger charge is 2.51. The van der Waals surface area contributed by atoms with E-state index in [2.05, 4.69) is 19.2 Å². The fourth-order valence-electron chi connectivity index (χ4n) is 4.01. The quantitative estimate of drug-likeness (QED) is 0.527. The van der Waals surface area contributed by atoms with Crippen LogP contribution in [0.1, 0.15) is 65.2 Å². The van der Waals surface area contributed by atoms with E-state index in [4.69, 9.17) is 4.74 Å². The minimum Gasteiger partial charge on any atom is -0.468 e. The molecule has 1 aliphatic carbocycles. The first kappa shape index (κ1) is 20.7. The van der Waals surface area contributed by atoms with Crippen molar-refractivity contribution in [2.45, 2.75) is 70.8 Å². The fraction of sp³-hybridized carbons (Fsp3) is 0.842. The largest absolute Gasteiger partial charge is 0.468 e. The number of nitrogens with one attached hydrogen (secondary N) is 1. The second-order valence-electron chi connectivity index (χ2n) is 7.57. The summed E-state index contributed by atoms with van der Waals surface area (Å²) < 4.78 is 4.79. The number of esters is 1. The van der Waals surface area contributed by atoms with Crippen molar-refractivity contribution in [2.24, 2.45) is 5.92 Å². The molecule has 0 aromatic rings. The summed E-state index contributed by atoms with van der Waals surface area (Å²) in [6, 6.07) is -0.337. The molecule has 1 aliphatic heterocycles. The van der Waals surface area contributed by atoms with Crippen LogP contribution < -0.4 is 5.32 Å². The van der Waals surface area contributed by atoms with Crippen LogP contribution in [0.15, 0.2) is 0 Å². The number of carbonyl (C=O) groups is 3. The molecule has 1 heterocycles. The summed E-state index contributed by atoms with van der Waals surface area (Å²) in [6.45, 7) is 5.10. The van der Waals surface area contributed by atoms with E-state index < -0.39 is 5.54 Å². The van der Waals surface area contributed by atoms with Crippen molar-refractivity contribution in [3.05, 3.63) is 0 Å². The standard InChI is InChI=1S/C19H33N3O4/c1-4-15(5-2)12-21(13-16(23)26-3)14-22-17(24)19(20-18(22)25)10-8-6-7-9-11-19/h15H,4-14H2,1-3H3,(H,20,25). The van der Waals surface area contributed by atoms with E-state index in [0.29, 0.717) is 25.3 Å². The van der Waals surface area contributed by atoms with Gasteiger partial charge in [-0.1, -0.05) is 52.4 Å². The summed E-state index contributed by atoms with van der Waals surface area (Å²) in [7, 11) is 1.35. The van der Waals surface area contributed by atoms with E-state index in [1.165, 1.54) is 12.0 Å². The Kier molecular flexibility index (Phi) is 7.43. The first-order chi connectivity index (χ1) is 12.5. The van der Waals surface area contributed by atoms with Crippen molar-refractivity contribution < 1.29 is 19.1 Å². The first-order valence-electron chi connectivity index (χ1n) is 9.89. The highest BCUT2D eigenvalue weighted by molar-refractivity contribution is 6.07. The zero-order chi connectivity index (χ0) is 19.2. The molecule has 0 unspecified atom stereocenters. The van der Waals surface area contributed by atoms with E-state index in [1.807, 2.05) is 4.90 Å². The smallest absolute Gasteiger partial charge is 0.326 e. The summed E-state index contributed by atoms with van der Waals surface area (Å²) in [6.07, 6.45) is 7.51. The van der Waals surface area contributed by atoms with E-state index in [1.54, 1.807) is 0 Å². The molecule has 7 nitrogen and oxygen atoms in total. The minimum absolute atomic E-state index is 0.0804. The van der Waals surface area contributed by atoms with Gasteiger partial charge in [-0.3, -0.25) is 14.5 Å². The molecule has 26 heavy (non-hydrogen) atoms. The van der Waals surface area contributed by atoms with Gasteiger partial charge in [0, 0.05) is 6.54 Å². The van der Waals surface area contributed by atoms with Crippen LogP contribution in [-0.4, -0.2) is 60.1 Å². The Morgan fingerprint density at radius 3 is 2.35 bits per heavy atom. The monoisotopic (exact) mass is 367 g/mol. The van der Waals surface area contributed by atoms with Crippen molar-refractivity contribution in [2.75, 3.05) is 26.9 Å². The summed E-state index contributed by atoms with van der Waals surface area (Å²) in [5, 5.41) is 2.96. The van der Waals surface area contributed by atoms with E-state index in [0.717, 1.165) is 38.5 Å². The SMILES string of the molecule is CCC(CC)CN(CC(=O)OC)CN1C(=O)NC2(CCCCCC2)C1=O. The molecule has 1 saturated carbocycles. The molecular weight excluding hydrogens is 334 g/mol. The third-order valence-corrected chi connectivity index (χ3v) is 5.80. The lowest BCUT2D eigenvalue weighted by molar-refractivity contribution is -0.144. The lowest BCUT2D eigenvalue weighted by Gasteiger charge is -2.29. The van der Waals surface area contributed by atoms with Gasteiger partial charge in [0.15, 0.2) is 0 Å². The molecule has 0 atom stereocenters. The van der Waals surface area contributed by atoms with Crippen LogP contribution in [0.25, 0.3) is 0 Å². The topological polar surface area (TPSA) is 79.0 Å². The predicted molar refractivity (Wildman–Crippen MR) is 98.3 cm³/mol. The molecular formula is C19H33N3O4. The number of ether oxygens (including phenoxy) is 1. The molecule has 7 heteroatoms. The zero-order valence-electron chi connectivity index (χ0n) is 16.4. The number of nitrogens with zero attached hydrogens (tertiary/aromatic N) is 2. The Morgan fingerprint density at radius 1 is 1.19 bits per heavy atom. The summed E-state index contributed by atoms with van der Waals surface area (Å²) in [4.78, 5) is 40.5. The van der Waals surface area contributed by atoms with Crippen molar-refractivity contribution in [3.8, 4) is 0 Å². The molecule has 0 bridgehead atoms. The minimum atomic E-state index is -0.737. The zero-order valence-corrected chi connectivity index (χ0v) is 16.4. The molecule has 1 N–H and O–H groups in total.